The summed E-state index contributed by atoms with van der Waals surface area (Å²) < 4.78 is 67.0. The third kappa shape index (κ3) is 3.62. The van der Waals surface area contributed by atoms with Gasteiger partial charge in [0.05, 0.1) is 4.90 Å². The molecule has 0 amide bonds. The first-order valence-electron chi connectivity index (χ1n) is 7.32. The maximum Gasteiger partial charge on any atom is 0.435 e. The van der Waals surface area contributed by atoms with E-state index in [1.807, 2.05) is 0 Å². The molecule has 0 radical (unpaired) electrons. The average molecular weight is 386 g/mol. The summed E-state index contributed by atoms with van der Waals surface area (Å²) in [5.74, 6) is 0.263. The molecule has 0 saturated carbocycles. The number of halogens is 3. The van der Waals surface area contributed by atoms with E-state index in [4.69, 9.17) is 4.52 Å². The molecule has 0 aliphatic carbocycles. The Kier molecular flexibility index (Phi) is 4.34. The number of benzene rings is 1. The van der Waals surface area contributed by atoms with Gasteiger partial charge in [0.25, 0.3) is 5.89 Å². The molecule has 0 aliphatic rings. The summed E-state index contributed by atoms with van der Waals surface area (Å²) >= 11 is 0. The smallest absolute Gasteiger partial charge is 0.337 e. The van der Waals surface area contributed by atoms with Gasteiger partial charge in [-0.25, -0.2) is 8.42 Å². The maximum atomic E-state index is 12.6. The zero-order valence-electron chi connectivity index (χ0n) is 13.6. The Labute approximate surface area is 146 Å². The molecule has 3 aromatic rings. The van der Waals surface area contributed by atoms with Gasteiger partial charge in [-0.2, -0.15) is 23.3 Å². The lowest BCUT2D eigenvalue weighted by Crippen LogP contribution is -2.11. The molecule has 0 saturated heterocycles. The first-order chi connectivity index (χ1) is 12.1. The van der Waals surface area contributed by atoms with Crippen LogP contribution >= 0.6 is 0 Å². The molecule has 1 aromatic carbocycles. The molecule has 1 atom stereocenters. The lowest BCUT2D eigenvalue weighted by atomic mass is 10.2. The summed E-state index contributed by atoms with van der Waals surface area (Å²) in [5, 5.41) is 7.26. The monoisotopic (exact) mass is 386 g/mol. The minimum absolute atomic E-state index is 0.0732. The molecule has 0 spiro atoms. The molecular weight excluding hydrogens is 373 g/mol. The fourth-order valence-corrected chi connectivity index (χ4v) is 2.82. The minimum Gasteiger partial charge on any atom is -0.337 e. The maximum absolute atomic E-state index is 12.6. The quantitative estimate of drug-likeness (QED) is 0.685. The van der Waals surface area contributed by atoms with Gasteiger partial charge in [0.15, 0.2) is 15.5 Å². The van der Waals surface area contributed by atoms with Gasteiger partial charge in [0.1, 0.15) is 6.04 Å². The van der Waals surface area contributed by atoms with Crippen molar-refractivity contribution in [3.8, 4) is 11.4 Å². The van der Waals surface area contributed by atoms with E-state index in [1.165, 1.54) is 30.5 Å². The highest BCUT2D eigenvalue weighted by molar-refractivity contribution is 7.90. The van der Waals surface area contributed by atoms with Crippen molar-refractivity contribution in [2.45, 2.75) is 24.0 Å². The summed E-state index contributed by atoms with van der Waals surface area (Å²) in [6, 6.07) is 6.01. The molecule has 2 aromatic heterocycles. The highest BCUT2D eigenvalue weighted by atomic mass is 32.2. The van der Waals surface area contributed by atoms with Crippen LogP contribution < -0.4 is 0 Å². The fourth-order valence-electron chi connectivity index (χ4n) is 2.19. The van der Waals surface area contributed by atoms with Crippen molar-refractivity contribution < 1.29 is 26.1 Å². The summed E-state index contributed by atoms with van der Waals surface area (Å²) in [7, 11) is -3.32. The van der Waals surface area contributed by atoms with E-state index >= 15 is 0 Å². The molecule has 0 aliphatic heterocycles. The highest BCUT2D eigenvalue weighted by Gasteiger charge is 2.34. The zero-order valence-corrected chi connectivity index (χ0v) is 14.4. The largest absolute Gasteiger partial charge is 0.435 e. The topological polar surface area (TPSA) is 90.9 Å². The third-order valence-electron chi connectivity index (χ3n) is 3.64. The van der Waals surface area contributed by atoms with Gasteiger partial charge in [-0.3, -0.25) is 4.68 Å². The Morgan fingerprint density at radius 2 is 1.81 bits per heavy atom. The van der Waals surface area contributed by atoms with E-state index < -0.39 is 27.7 Å². The number of rotatable bonds is 4. The number of nitrogens with zero attached hydrogens (tertiary/aromatic N) is 4. The Hall–Kier alpha value is -2.69. The number of hydrogen-bond donors (Lipinski definition) is 0. The Balaban J connectivity index is 1.84. The molecule has 2 heterocycles. The molecule has 138 valence electrons. The van der Waals surface area contributed by atoms with Gasteiger partial charge < -0.3 is 4.52 Å². The SMILES string of the molecule is CC(c1nc(-c2ccc(S(C)(=O)=O)cc2)no1)n1ccc(C(F)(F)F)n1. The van der Waals surface area contributed by atoms with E-state index in [-0.39, 0.29) is 16.6 Å². The molecule has 11 heteroatoms. The predicted octanol–water partition coefficient (Wildman–Crippen LogP) is 2.96. The summed E-state index contributed by atoms with van der Waals surface area (Å²) in [5.41, 5.74) is -0.503. The van der Waals surface area contributed by atoms with E-state index in [9.17, 15) is 21.6 Å². The molecule has 3 rings (SSSR count). The number of sulfone groups is 1. The minimum atomic E-state index is -4.54. The molecular formula is C15H13F3N4O3S. The number of alkyl halides is 3. The van der Waals surface area contributed by atoms with Crippen LogP contribution in [0.15, 0.2) is 45.9 Å². The van der Waals surface area contributed by atoms with Crippen LogP contribution in [0.5, 0.6) is 0 Å². The molecule has 0 fully saturated rings. The molecule has 1 unspecified atom stereocenters. The number of hydrogen-bond acceptors (Lipinski definition) is 6. The second kappa shape index (κ2) is 6.24. The van der Waals surface area contributed by atoms with Crippen molar-refractivity contribution in [1.29, 1.82) is 0 Å². The second-order valence-corrected chi connectivity index (χ2v) is 7.62. The van der Waals surface area contributed by atoms with Gasteiger partial charge in [0, 0.05) is 18.0 Å². The molecule has 7 nitrogen and oxygen atoms in total. The molecule has 0 bridgehead atoms. The zero-order chi connectivity index (χ0) is 19.1. The van der Waals surface area contributed by atoms with Crippen LogP contribution in [0.2, 0.25) is 0 Å². The van der Waals surface area contributed by atoms with E-state index in [1.54, 1.807) is 6.92 Å². The van der Waals surface area contributed by atoms with Crippen LogP contribution in [-0.2, 0) is 16.0 Å². The van der Waals surface area contributed by atoms with Crippen molar-refractivity contribution in [3.05, 3.63) is 48.1 Å². The van der Waals surface area contributed by atoms with Crippen molar-refractivity contribution >= 4 is 9.84 Å². The molecule has 0 N–H and O–H groups in total. The van der Waals surface area contributed by atoms with Crippen molar-refractivity contribution in [2.75, 3.05) is 6.26 Å². The Morgan fingerprint density at radius 1 is 1.15 bits per heavy atom. The number of aromatic nitrogens is 4. The van der Waals surface area contributed by atoms with E-state index in [0.717, 1.165) is 17.0 Å². The second-order valence-electron chi connectivity index (χ2n) is 5.61. The Morgan fingerprint density at radius 3 is 2.35 bits per heavy atom. The van der Waals surface area contributed by atoms with Gasteiger partial charge in [-0.15, -0.1) is 0 Å². The van der Waals surface area contributed by atoms with Crippen LogP contribution in [0.1, 0.15) is 24.6 Å². The lowest BCUT2D eigenvalue weighted by Gasteiger charge is -2.07. The van der Waals surface area contributed by atoms with Crippen LogP contribution in [-0.4, -0.2) is 34.6 Å². The standard InChI is InChI=1S/C15H13F3N4O3S/c1-9(22-8-7-12(20-22)15(16,17)18)14-19-13(21-25-14)10-3-5-11(6-4-10)26(2,23)24/h3-9H,1-2H3. The van der Waals surface area contributed by atoms with Crippen LogP contribution in [0, 0.1) is 0 Å². The summed E-state index contributed by atoms with van der Waals surface area (Å²) in [6.07, 6.45) is -2.26. The fraction of sp³-hybridized carbons (Fsp3) is 0.267. The van der Waals surface area contributed by atoms with Crippen LogP contribution in [0.4, 0.5) is 13.2 Å². The molecule has 26 heavy (non-hydrogen) atoms. The summed E-state index contributed by atoms with van der Waals surface area (Å²) in [6.45, 7) is 1.57. The third-order valence-corrected chi connectivity index (χ3v) is 4.76. The first kappa shape index (κ1) is 18.1. The lowest BCUT2D eigenvalue weighted by molar-refractivity contribution is -0.141. The van der Waals surface area contributed by atoms with Crippen molar-refractivity contribution in [1.82, 2.24) is 19.9 Å². The van der Waals surface area contributed by atoms with Gasteiger partial charge in [-0.05, 0) is 37.3 Å². The van der Waals surface area contributed by atoms with Gasteiger partial charge in [-0.1, -0.05) is 5.16 Å². The normalized spacial score (nSPS) is 13.7. The van der Waals surface area contributed by atoms with Gasteiger partial charge in [0.2, 0.25) is 5.82 Å². The predicted molar refractivity (Wildman–Crippen MR) is 83.9 cm³/mol. The Bertz CT molecular complexity index is 1020. The summed E-state index contributed by atoms with van der Waals surface area (Å²) in [4.78, 5) is 4.30. The van der Waals surface area contributed by atoms with Crippen LogP contribution in [0.25, 0.3) is 11.4 Å². The van der Waals surface area contributed by atoms with Crippen molar-refractivity contribution in [2.24, 2.45) is 0 Å². The average Bonchev–Trinajstić information content (AvgIpc) is 3.23. The highest BCUT2D eigenvalue weighted by Crippen LogP contribution is 2.29. The van der Waals surface area contributed by atoms with E-state index in [0.29, 0.717) is 5.56 Å². The van der Waals surface area contributed by atoms with Gasteiger partial charge >= 0.3 is 6.18 Å². The van der Waals surface area contributed by atoms with E-state index in [2.05, 4.69) is 15.2 Å². The first-order valence-corrected chi connectivity index (χ1v) is 9.21. The van der Waals surface area contributed by atoms with Crippen molar-refractivity contribution in [3.63, 3.8) is 0 Å². The van der Waals surface area contributed by atoms with Crippen LogP contribution in [0.3, 0.4) is 0 Å².